The minimum Gasteiger partial charge on any atom is -0.271 e. The van der Waals surface area contributed by atoms with Gasteiger partial charge in [0.2, 0.25) is 0 Å². The molecule has 0 aliphatic heterocycles. The van der Waals surface area contributed by atoms with E-state index in [1.807, 2.05) is 24.3 Å². The zero-order valence-electron chi connectivity index (χ0n) is 10.7. The summed E-state index contributed by atoms with van der Waals surface area (Å²) in [5.74, 6) is 3.80. The van der Waals surface area contributed by atoms with Crippen molar-refractivity contribution in [2.45, 2.75) is 19.4 Å². The summed E-state index contributed by atoms with van der Waals surface area (Å²) in [5, 5.41) is 0. The molecule has 1 atom stereocenters. The molecular formula is C15H16F2N2. The van der Waals surface area contributed by atoms with E-state index in [4.69, 9.17) is 5.84 Å². The van der Waals surface area contributed by atoms with Gasteiger partial charge in [0.05, 0.1) is 6.04 Å². The number of aryl methyl sites for hydroxylation is 1. The third-order valence-corrected chi connectivity index (χ3v) is 3.16. The molecule has 3 N–H and O–H groups in total. The number of nitrogens with one attached hydrogen (secondary N) is 1. The minimum atomic E-state index is -0.872. The van der Waals surface area contributed by atoms with Crippen LogP contribution in [0.3, 0.4) is 0 Å². The van der Waals surface area contributed by atoms with Gasteiger partial charge in [0.1, 0.15) is 0 Å². The number of benzene rings is 2. The van der Waals surface area contributed by atoms with E-state index in [-0.39, 0.29) is 6.04 Å². The maximum absolute atomic E-state index is 13.3. The molecule has 2 nitrogen and oxygen atoms in total. The van der Waals surface area contributed by atoms with Gasteiger partial charge in [-0.25, -0.2) is 14.2 Å². The Bertz CT molecular complexity index is 553. The molecule has 0 saturated carbocycles. The quantitative estimate of drug-likeness (QED) is 0.656. The van der Waals surface area contributed by atoms with Gasteiger partial charge in [-0.1, -0.05) is 37.3 Å². The van der Waals surface area contributed by atoms with Gasteiger partial charge >= 0.3 is 0 Å². The molecule has 0 spiro atoms. The number of rotatable bonds is 4. The minimum absolute atomic E-state index is 0.360. The highest BCUT2D eigenvalue weighted by Gasteiger charge is 2.14. The number of halogens is 2. The third-order valence-electron chi connectivity index (χ3n) is 3.16. The summed E-state index contributed by atoms with van der Waals surface area (Å²) in [6.07, 6.45) is 0.951. The molecule has 19 heavy (non-hydrogen) atoms. The first-order valence-electron chi connectivity index (χ1n) is 6.15. The molecule has 1 unspecified atom stereocenters. The van der Waals surface area contributed by atoms with Crippen LogP contribution in [0.5, 0.6) is 0 Å². The predicted molar refractivity (Wildman–Crippen MR) is 71.3 cm³/mol. The first-order valence-corrected chi connectivity index (χ1v) is 6.15. The average molecular weight is 262 g/mol. The fraction of sp³-hybridized carbons (Fsp3) is 0.200. The van der Waals surface area contributed by atoms with Crippen LogP contribution >= 0.6 is 0 Å². The molecule has 4 heteroatoms. The van der Waals surface area contributed by atoms with Crippen LogP contribution in [0.4, 0.5) is 8.78 Å². The van der Waals surface area contributed by atoms with Crippen LogP contribution in [-0.4, -0.2) is 0 Å². The second-order valence-corrected chi connectivity index (χ2v) is 4.37. The van der Waals surface area contributed by atoms with Crippen molar-refractivity contribution in [2.75, 3.05) is 0 Å². The van der Waals surface area contributed by atoms with Crippen LogP contribution in [0, 0.1) is 11.6 Å². The van der Waals surface area contributed by atoms with E-state index in [0.717, 1.165) is 24.1 Å². The molecule has 2 rings (SSSR count). The van der Waals surface area contributed by atoms with E-state index in [0.29, 0.717) is 5.56 Å². The third kappa shape index (κ3) is 2.97. The number of hydrogen-bond donors (Lipinski definition) is 2. The molecule has 0 heterocycles. The molecule has 100 valence electrons. The fourth-order valence-electron chi connectivity index (χ4n) is 2.02. The topological polar surface area (TPSA) is 38.0 Å². The lowest BCUT2D eigenvalue weighted by Crippen LogP contribution is -2.29. The van der Waals surface area contributed by atoms with Crippen molar-refractivity contribution in [1.82, 2.24) is 5.43 Å². The Labute approximate surface area is 111 Å². The Kier molecular flexibility index (Phi) is 4.24. The maximum Gasteiger partial charge on any atom is 0.159 e. The van der Waals surface area contributed by atoms with Gasteiger partial charge < -0.3 is 0 Å². The Hall–Kier alpha value is -1.78. The standard InChI is InChI=1S/C15H16F2N2/c1-2-10-3-5-11(6-4-10)15(19-18)12-7-8-13(16)14(17)9-12/h3-9,15,19H,2,18H2,1H3. The van der Waals surface area contributed by atoms with Gasteiger partial charge in [-0.15, -0.1) is 0 Å². The Morgan fingerprint density at radius 3 is 2.16 bits per heavy atom. The Morgan fingerprint density at radius 2 is 1.63 bits per heavy atom. The van der Waals surface area contributed by atoms with E-state index >= 15 is 0 Å². The van der Waals surface area contributed by atoms with Crippen LogP contribution in [0.2, 0.25) is 0 Å². The van der Waals surface area contributed by atoms with Crippen molar-refractivity contribution in [3.63, 3.8) is 0 Å². The Morgan fingerprint density at radius 1 is 1.00 bits per heavy atom. The Balaban J connectivity index is 2.34. The van der Waals surface area contributed by atoms with Gasteiger partial charge in [0.25, 0.3) is 0 Å². The number of hydrazine groups is 1. The van der Waals surface area contributed by atoms with Crippen LogP contribution in [0.15, 0.2) is 42.5 Å². The van der Waals surface area contributed by atoms with Crippen LogP contribution in [-0.2, 0) is 6.42 Å². The average Bonchev–Trinajstić information content (AvgIpc) is 2.44. The van der Waals surface area contributed by atoms with Crippen molar-refractivity contribution < 1.29 is 8.78 Å². The summed E-state index contributed by atoms with van der Waals surface area (Å²) in [6, 6.07) is 11.3. The lowest BCUT2D eigenvalue weighted by atomic mass is 9.98. The SMILES string of the molecule is CCc1ccc(C(NN)c2ccc(F)c(F)c2)cc1. The van der Waals surface area contributed by atoms with E-state index in [9.17, 15) is 8.78 Å². The summed E-state index contributed by atoms with van der Waals surface area (Å²) < 4.78 is 26.2. The lowest BCUT2D eigenvalue weighted by Gasteiger charge is -2.17. The van der Waals surface area contributed by atoms with E-state index in [1.54, 1.807) is 0 Å². The van der Waals surface area contributed by atoms with Crippen LogP contribution in [0.25, 0.3) is 0 Å². The zero-order valence-corrected chi connectivity index (χ0v) is 10.7. The highest BCUT2D eigenvalue weighted by Crippen LogP contribution is 2.23. The fourth-order valence-corrected chi connectivity index (χ4v) is 2.02. The van der Waals surface area contributed by atoms with Crippen LogP contribution in [0.1, 0.15) is 29.7 Å². The highest BCUT2D eigenvalue weighted by atomic mass is 19.2. The maximum atomic E-state index is 13.3. The summed E-state index contributed by atoms with van der Waals surface area (Å²) in [7, 11) is 0. The molecule has 0 fully saturated rings. The molecule has 0 saturated heterocycles. The molecule has 2 aromatic rings. The van der Waals surface area contributed by atoms with E-state index in [1.165, 1.54) is 11.6 Å². The highest BCUT2D eigenvalue weighted by molar-refractivity contribution is 5.33. The van der Waals surface area contributed by atoms with E-state index in [2.05, 4.69) is 12.3 Å². The van der Waals surface area contributed by atoms with Crippen molar-refractivity contribution in [3.8, 4) is 0 Å². The van der Waals surface area contributed by atoms with Gasteiger partial charge in [-0.2, -0.15) is 0 Å². The first kappa shape index (κ1) is 13.6. The molecule has 0 aliphatic carbocycles. The predicted octanol–water partition coefficient (Wildman–Crippen LogP) is 3.08. The van der Waals surface area contributed by atoms with Gasteiger partial charge in [0.15, 0.2) is 11.6 Å². The van der Waals surface area contributed by atoms with Crippen molar-refractivity contribution in [2.24, 2.45) is 5.84 Å². The van der Waals surface area contributed by atoms with Crippen molar-refractivity contribution >= 4 is 0 Å². The smallest absolute Gasteiger partial charge is 0.159 e. The molecular weight excluding hydrogens is 246 g/mol. The van der Waals surface area contributed by atoms with Gasteiger partial charge in [-0.3, -0.25) is 5.84 Å². The molecule has 0 aromatic heterocycles. The zero-order chi connectivity index (χ0) is 13.8. The second kappa shape index (κ2) is 5.91. The first-order chi connectivity index (χ1) is 9.15. The molecule has 0 radical (unpaired) electrons. The van der Waals surface area contributed by atoms with Gasteiger partial charge in [0, 0.05) is 0 Å². The summed E-state index contributed by atoms with van der Waals surface area (Å²) in [5.41, 5.74) is 5.34. The van der Waals surface area contributed by atoms with E-state index < -0.39 is 11.6 Å². The number of hydrogen-bond acceptors (Lipinski definition) is 2. The van der Waals surface area contributed by atoms with Crippen molar-refractivity contribution in [1.29, 1.82) is 0 Å². The van der Waals surface area contributed by atoms with Crippen molar-refractivity contribution in [3.05, 3.63) is 70.8 Å². The normalized spacial score (nSPS) is 12.4. The van der Waals surface area contributed by atoms with Crippen LogP contribution < -0.4 is 11.3 Å². The second-order valence-electron chi connectivity index (χ2n) is 4.37. The molecule has 0 aliphatic rings. The summed E-state index contributed by atoms with van der Waals surface area (Å²) >= 11 is 0. The molecule has 0 bridgehead atoms. The van der Waals surface area contributed by atoms with Gasteiger partial charge in [-0.05, 0) is 35.2 Å². The lowest BCUT2D eigenvalue weighted by molar-refractivity contribution is 0.504. The summed E-state index contributed by atoms with van der Waals surface area (Å²) in [6.45, 7) is 2.07. The molecule has 0 amide bonds. The number of nitrogens with two attached hydrogens (primary N) is 1. The monoisotopic (exact) mass is 262 g/mol. The largest absolute Gasteiger partial charge is 0.271 e. The summed E-state index contributed by atoms with van der Waals surface area (Å²) in [4.78, 5) is 0. The molecule has 2 aromatic carbocycles.